The highest BCUT2D eigenvalue weighted by Crippen LogP contribution is 2.47. The molecule has 2 fully saturated rings. The first kappa shape index (κ1) is 9.37. The summed E-state index contributed by atoms with van der Waals surface area (Å²) in [4.78, 5) is 2.54. The van der Waals surface area contributed by atoms with E-state index in [1.807, 2.05) is 0 Å². The van der Waals surface area contributed by atoms with E-state index >= 15 is 0 Å². The van der Waals surface area contributed by atoms with Crippen LogP contribution in [0.3, 0.4) is 0 Å². The van der Waals surface area contributed by atoms with Crippen LogP contribution in [0.5, 0.6) is 0 Å². The molecule has 15 heavy (non-hydrogen) atoms. The van der Waals surface area contributed by atoms with Gasteiger partial charge < -0.3 is 5.73 Å². The van der Waals surface area contributed by atoms with Gasteiger partial charge in [-0.15, -0.1) is 0 Å². The SMILES string of the molecule is N[C@@]12CCN(Cc3ccccc3)C[C@@H]1C2. The summed E-state index contributed by atoms with van der Waals surface area (Å²) in [7, 11) is 0. The van der Waals surface area contributed by atoms with E-state index in [2.05, 4.69) is 35.2 Å². The van der Waals surface area contributed by atoms with Crippen LogP contribution >= 0.6 is 0 Å². The summed E-state index contributed by atoms with van der Waals surface area (Å²) in [5, 5.41) is 0. The summed E-state index contributed by atoms with van der Waals surface area (Å²) in [6, 6.07) is 10.7. The Balaban J connectivity index is 1.61. The lowest BCUT2D eigenvalue weighted by molar-refractivity contribution is 0.200. The molecule has 1 aliphatic carbocycles. The Labute approximate surface area is 91.1 Å². The van der Waals surface area contributed by atoms with Crippen LogP contribution in [0.2, 0.25) is 0 Å². The van der Waals surface area contributed by atoms with Gasteiger partial charge in [0.2, 0.25) is 0 Å². The molecule has 0 spiro atoms. The third kappa shape index (κ3) is 1.80. The molecule has 2 atom stereocenters. The predicted octanol–water partition coefficient (Wildman–Crippen LogP) is 1.61. The third-order valence-electron chi connectivity index (χ3n) is 3.90. The predicted molar refractivity (Wildman–Crippen MR) is 61.4 cm³/mol. The average Bonchev–Trinajstić information content (AvgIpc) is 2.91. The maximum Gasteiger partial charge on any atom is 0.0233 e. The number of rotatable bonds is 2. The Morgan fingerprint density at radius 1 is 1.33 bits per heavy atom. The molecule has 3 rings (SSSR count). The van der Waals surface area contributed by atoms with Crippen molar-refractivity contribution in [3.8, 4) is 0 Å². The van der Waals surface area contributed by atoms with E-state index in [0.29, 0.717) is 0 Å². The first-order chi connectivity index (χ1) is 7.26. The number of likely N-dealkylation sites (tertiary alicyclic amines) is 1. The summed E-state index contributed by atoms with van der Waals surface area (Å²) < 4.78 is 0. The van der Waals surface area contributed by atoms with E-state index in [1.165, 1.54) is 31.5 Å². The largest absolute Gasteiger partial charge is 0.325 e. The van der Waals surface area contributed by atoms with E-state index in [9.17, 15) is 0 Å². The summed E-state index contributed by atoms with van der Waals surface area (Å²) in [6.07, 6.45) is 2.43. The second-order valence-corrected chi connectivity index (χ2v) is 5.10. The van der Waals surface area contributed by atoms with Crippen LogP contribution in [0.25, 0.3) is 0 Å². The molecule has 2 N–H and O–H groups in total. The van der Waals surface area contributed by atoms with Crippen molar-refractivity contribution in [3.63, 3.8) is 0 Å². The molecule has 0 amide bonds. The molecule has 0 radical (unpaired) electrons. The molecule has 0 aromatic heterocycles. The molecule has 2 nitrogen and oxygen atoms in total. The first-order valence-electron chi connectivity index (χ1n) is 5.81. The van der Waals surface area contributed by atoms with Gasteiger partial charge in [0.1, 0.15) is 0 Å². The summed E-state index contributed by atoms with van der Waals surface area (Å²) in [6.45, 7) is 3.46. The van der Waals surface area contributed by atoms with Gasteiger partial charge in [0, 0.05) is 25.2 Å². The van der Waals surface area contributed by atoms with Crippen LogP contribution in [0, 0.1) is 5.92 Å². The number of fused-ring (bicyclic) bond motifs is 1. The summed E-state index contributed by atoms with van der Waals surface area (Å²) >= 11 is 0. The molecule has 2 aliphatic rings. The van der Waals surface area contributed by atoms with Gasteiger partial charge in [-0.1, -0.05) is 30.3 Å². The zero-order valence-corrected chi connectivity index (χ0v) is 9.02. The number of piperidine rings is 1. The van der Waals surface area contributed by atoms with Crippen molar-refractivity contribution >= 4 is 0 Å². The molecule has 1 saturated heterocycles. The fourth-order valence-corrected chi connectivity index (χ4v) is 2.71. The van der Waals surface area contributed by atoms with Gasteiger partial charge in [-0.2, -0.15) is 0 Å². The fraction of sp³-hybridized carbons (Fsp3) is 0.538. The lowest BCUT2D eigenvalue weighted by Gasteiger charge is -2.29. The number of hydrogen-bond acceptors (Lipinski definition) is 2. The quantitative estimate of drug-likeness (QED) is 0.789. The molecule has 0 bridgehead atoms. The second kappa shape index (κ2) is 3.32. The van der Waals surface area contributed by atoms with Crippen molar-refractivity contribution in [2.45, 2.75) is 24.9 Å². The number of benzene rings is 1. The van der Waals surface area contributed by atoms with Crippen LogP contribution in [0.4, 0.5) is 0 Å². The van der Waals surface area contributed by atoms with Crippen LogP contribution in [0.15, 0.2) is 30.3 Å². The van der Waals surface area contributed by atoms with Gasteiger partial charge in [0.05, 0.1) is 0 Å². The zero-order chi connectivity index (χ0) is 10.3. The maximum absolute atomic E-state index is 6.18. The Bertz CT molecular complexity index is 349. The monoisotopic (exact) mass is 202 g/mol. The number of hydrogen-bond donors (Lipinski definition) is 1. The molecule has 1 aliphatic heterocycles. The summed E-state index contributed by atoms with van der Waals surface area (Å²) in [5.41, 5.74) is 7.83. The van der Waals surface area contributed by atoms with Gasteiger partial charge >= 0.3 is 0 Å². The number of nitrogens with zero attached hydrogens (tertiary/aromatic N) is 1. The first-order valence-corrected chi connectivity index (χ1v) is 5.81. The smallest absolute Gasteiger partial charge is 0.0233 e. The lowest BCUT2D eigenvalue weighted by Crippen LogP contribution is -2.41. The highest BCUT2D eigenvalue weighted by Gasteiger charge is 2.53. The molecule has 1 aromatic carbocycles. The molecular weight excluding hydrogens is 184 g/mol. The van der Waals surface area contributed by atoms with E-state index in [4.69, 9.17) is 5.73 Å². The van der Waals surface area contributed by atoms with Crippen LogP contribution in [-0.4, -0.2) is 23.5 Å². The van der Waals surface area contributed by atoms with Crippen molar-refractivity contribution < 1.29 is 0 Å². The average molecular weight is 202 g/mol. The van der Waals surface area contributed by atoms with Crippen molar-refractivity contribution in [1.29, 1.82) is 0 Å². The van der Waals surface area contributed by atoms with E-state index < -0.39 is 0 Å². The Morgan fingerprint density at radius 3 is 2.87 bits per heavy atom. The second-order valence-electron chi connectivity index (χ2n) is 5.10. The Hall–Kier alpha value is -0.860. The highest BCUT2D eigenvalue weighted by atomic mass is 15.2. The van der Waals surface area contributed by atoms with Crippen molar-refractivity contribution in [2.24, 2.45) is 11.7 Å². The number of nitrogens with two attached hydrogens (primary N) is 1. The molecule has 2 heteroatoms. The highest BCUT2D eigenvalue weighted by molar-refractivity contribution is 5.16. The zero-order valence-electron chi connectivity index (χ0n) is 9.02. The van der Waals surface area contributed by atoms with E-state index in [1.54, 1.807) is 0 Å². The van der Waals surface area contributed by atoms with Gasteiger partial charge in [-0.3, -0.25) is 4.90 Å². The molecule has 1 heterocycles. The molecular formula is C13H18N2. The Morgan fingerprint density at radius 2 is 2.13 bits per heavy atom. The Kier molecular flexibility index (Phi) is 2.08. The molecule has 0 unspecified atom stereocenters. The standard InChI is InChI=1S/C13H18N2/c14-13-6-7-15(10-12(13)8-13)9-11-4-2-1-3-5-11/h1-5,12H,6-10,14H2/t12-,13+/m0/s1. The molecule has 1 aromatic rings. The van der Waals surface area contributed by atoms with Gasteiger partial charge in [-0.25, -0.2) is 0 Å². The van der Waals surface area contributed by atoms with Crippen molar-refractivity contribution in [2.75, 3.05) is 13.1 Å². The summed E-state index contributed by atoms with van der Waals surface area (Å²) in [5.74, 6) is 0.773. The van der Waals surface area contributed by atoms with Gasteiger partial charge in [0.25, 0.3) is 0 Å². The molecule has 80 valence electrons. The van der Waals surface area contributed by atoms with Crippen molar-refractivity contribution in [3.05, 3.63) is 35.9 Å². The topological polar surface area (TPSA) is 29.3 Å². The van der Waals surface area contributed by atoms with E-state index in [0.717, 1.165) is 12.5 Å². The lowest BCUT2D eigenvalue weighted by atomic mass is 10.1. The maximum atomic E-state index is 6.18. The minimum absolute atomic E-state index is 0.229. The van der Waals surface area contributed by atoms with Gasteiger partial charge in [-0.05, 0) is 24.3 Å². The van der Waals surface area contributed by atoms with Crippen molar-refractivity contribution in [1.82, 2.24) is 4.90 Å². The van der Waals surface area contributed by atoms with Crippen LogP contribution < -0.4 is 5.73 Å². The minimum Gasteiger partial charge on any atom is -0.325 e. The van der Waals surface area contributed by atoms with E-state index in [-0.39, 0.29) is 5.54 Å². The van der Waals surface area contributed by atoms with Crippen LogP contribution in [-0.2, 0) is 6.54 Å². The van der Waals surface area contributed by atoms with Crippen LogP contribution in [0.1, 0.15) is 18.4 Å². The molecule has 1 saturated carbocycles. The minimum atomic E-state index is 0.229. The van der Waals surface area contributed by atoms with Gasteiger partial charge in [0.15, 0.2) is 0 Å². The third-order valence-corrected chi connectivity index (χ3v) is 3.90. The fourth-order valence-electron chi connectivity index (χ4n) is 2.71. The normalized spacial score (nSPS) is 34.9.